The topological polar surface area (TPSA) is 97.8 Å². The number of ether oxygens (including phenoxy) is 4. The highest BCUT2D eigenvalue weighted by Crippen LogP contribution is 2.42. The lowest BCUT2D eigenvalue weighted by Crippen LogP contribution is -2.39. The summed E-state index contributed by atoms with van der Waals surface area (Å²) in [5, 5.41) is 11.5. The lowest BCUT2D eigenvalue weighted by Gasteiger charge is -2.29. The summed E-state index contributed by atoms with van der Waals surface area (Å²) in [6.07, 6.45) is 0.667. The number of hydrogen-bond acceptors (Lipinski definition) is 8. The molecule has 0 aromatic heterocycles. The number of hydrogen-bond donors (Lipinski definition) is 1. The van der Waals surface area contributed by atoms with Crippen molar-refractivity contribution in [3.63, 3.8) is 0 Å². The molecular weight excluding hydrogens is 548 g/mol. The molecule has 9 nitrogen and oxygen atoms in total. The van der Waals surface area contributed by atoms with Gasteiger partial charge in [-0.15, -0.1) is 0 Å². The molecule has 0 radical (unpaired) electrons. The fraction of sp³-hybridized carbons (Fsp3) is 0.353. The number of ketones is 1. The van der Waals surface area contributed by atoms with E-state index in [0.717, 1.165) is 30.8 Å². The Morgan fingerprint density at radius 3 is 2.33 bits per heavy atom. The van der Waals surface area contributed by atoms with Crippen LogP contribution in [0.2, 0.25) is 0 Å². The number of morpholine rings is 1. The molecule has 0 bridgehead atoms. The van der Waals surface area contributed by atoms with Crippen molar-refractivity contribution >= 4 is 17.4 Å². The molecule has 3 aromatic rings. The fourth-order valence-corrected chi connectivity index (χ4v) is 5.64. The molecule has 2 aliphatic rings. The van der Waals surface area contributed by atoms with E-state index in [4.69, 9.17) is 18.9 Å². The van der Waals surface area contributed by atoms with Crippen molar-refractivity contribution < 1.29 is 33.6 Å². The fourth-order valence-electron chi connectivity index (χ4n) is 5.64. The van der Waals surface area contributed by atoms with Gasteiger partial charge in [-0.25, -0.2) is 0 Å². The smallest absolute Gasteiger partial charge is 0.295 e. The minimum absolute atomic E-state index is 0.0425. The number of carbonyl (C=O) groups excluding carboxylic acids is 2. The first-order chi connectivity index (χ1) is 20.9. The van der Waals surface area contributed by atoms with Crippen LogP contribution < -0.4 is 14.2 Å². The monoisotopic (exact) mass is 586 g/mol. The summed E-state index contributed by atoms with van der Waals surface area (Å²) in [4.78, 5) is 30.9. The molecule has 0 aliphatic carbocycles. The number of aryl methyl sites for hydroxylation is 1. The van der Waals surface area contributed by atoms with E-state index in [1.165, 1.54) is 0 Å². The molecule has 226 valence electrons. The Morgan fingerprint density at radius 1 is 0.907 bits per heavy atom. The maximum absolute atomic E-state index is 13.6. The van der Waals surface area contributed by atoms with Gasteiger partial charge in [0.2, 0.25) is 0 Å². The molecule has 1 N–H and O–H groups in total. The second kappa shape index (κ2) is 13.8. The summed E-state index contributed by atoms with van der Waals surface area (Å²) >= 11 is 0. The van der Waals surface area contributed by atoms with Crippen LogP contribution in [0.1, 0.15) is 34.7 Å². The molecule has 2 fully saturated rings. The zero-order valence-corrected chi connectivity index (χ0v) is 24.9. The standard InChI is InChI=1S/C34H38N2O7/c1-23-20-26(11-12-27(23)40-2)32(37)30-31(36(34(39)33(30)38)15-7-14-35-16-18-42-19-17-35)25-10-13-28(29(21-25)41-3)43-22-24-8-5-4-6-9-24/h4-6,8-13,20-21,31,37H,7,14-19,22H2,1-3H3. The highest BCUT2D eigenvalue weighted by molar-refractivity contribution is 6.46. The summed E-state index contributed by atoms with van der Waals surface area (Å²) in [7, 11) is 3.12. The van der Waals surface area contributed by atoms with Crippen molar-refractivity contribution in [1.82, 2.24) is 9.80 Å². The van der Waals surface area contributed by atoms with Crippen LogP contribution in [0, 0.1) is 6.92 Å². The second-order valence-electron chi connectivity index (χ2n) is 10.7. The van der Waals surface area contributed by atoms with Crippen molar-refractivity contribution in [3.05, 3.63) is 94.6 Å². The number of benzene rings is 3. The normalized spacial score (nSPS) is 18.6. The molecule has 9 heteroatoms. The Balaban J connectivity index is 1.49. The Hall–Kier alpha value is -4.34. The second-order valence-corrected chi connectivity index (χ2v) is 10.7. The van der Waals surface area contributed by atoms with E-state index in [-0.39, 0.29) is 11.3 Å². The summed E-state index contributed by atoms with van der Waals surface area (Å²) in [6, 6.07) is 19.5. The minimum Gasteiger partial charge on any atom is -0.507 e. The van der Waals surface area contributed by atoms with Crippen LogP contribution in [0.5, 0.6) is 17.2 Å². The predicted molar refractivity (Wildman–Crippen MR) is 162 cm³/mol. The first kappa shape index (κ1) is 30.1. The van der Waals surface area contributed by atoms with Crippen LogP contribution in [0.4, 0.5) is 0 Å². The quantitative estimate of drug-likeness (QED) is 0.196. The average molecular weight is 587 g/mol. The summed E-state index contributed by atoms with van der Waals surface area (Å²) in [6.45, 7) is 6.37. The Morgan fingerprint density at radius 2 is 1.63 bits per heavy atom. The lowest BCUT2D eigenvalue weighted by molar-refractivity contribution is -0.140. The Labute approximate surface area is 252 Å². The van der Waals surface area contributed by atoms with Gasteiger partial charge in [-0.1, -0.05) is 36.4 Å². The van der Waals surface area contributed by atoms with Crippen LogP contribution in [0.15, 0.2) is 72.3 Å². The number of amides is 1. The molecule has 2 aliphatic heterocycles. The number of likely N-dealkylation sites (tertiary alicyclic amines) is 1. The van der Waals surface area contributed by atoms with Crippen LogP contribution in [-0.2, 0) is 20.9 Å². The average Bonchev–Trinajstić information content (AvgIpc) is 3.29. The summed E-state index contributed by atoms with van der Waals surface area (Å²) < 4.78 is 22.5. The van der Waals surface area contributed by atoms with Crippen molar-refractivity contribution in [3.8, 4) is 17.2 Å². The first-order valence-electron chi connectivity index (χ1n) is 14.5. The van der Waals surface area contributed by atoms with Crippen molar-refractivity contribution in [2.24, 2.45) is 0 Å². The maximum atomic E-state index is 13.6. The van der Waals surface area contributed by atoms with E-state index in [1.54, 1.807) is 49.5 Å². The zero-order chi connectivity index (χ0) is 30.3. The summed E-state index contributed by atoms with van der Waals surface area (Å²) in [5.74, 6) is 0.0753. The molecule has 1 unspecified atom stereocenters. The van der Waals surface area contributed by atoms with E-state index in [1.807, 2.05) is 43.3 Å². The zero-order valence-electron chi connectivity index (χ0n) is 24.9. The highest BCUT2D eigenvalue weighted by atomic mass is 16.5. The van der Waals surface area contributed by atoms with Gasteiger partial charge < -0.3 is 29.0 Å². The van der Waals surface area contributed by atoms with Crippen molar-refractivity contribution in [2.45, 2.75) is 26.0 Å². The SMILES string of the molecule is COc1ccc(C(O)=C2C(=O)C(=O)N(CCCN3CCOCC3)C2c2ccc(OCc3ccccc3)c(OC)c2)cc1C. The number of Topliss-reactive ketones (excluding diaryl/α,β-unsaturated/α-hetero) is 1. The van der Waals surface area contributed by atoms with Gasteiger partial charge >= 0.3 is 0 Å². The molecule has 5 rings (SSSR count). The van der Waals surface area contributed by atoms with Gasteiger partial charge in [0.15, 0.2) is 11.5 Å². The first-order valence-corrected chi connectivity index (χ1v) is 14.5. The van der Waals surface area contributed by atoms with Crippen molar-refractivity contribution in [2.75, 3.05) is 53.6 Å². The molecule has 0 saturated carbocycles. The lowest BCUT2D eigenvalue weighted by atomic mass is 9.94. The third-order valence-electron chi connectivity index (χ3n) is 7.93. The number of nitrogens with zero attached hydrogens (tertiary/aromatic N) is 2. The molecule has 2 saturated heterocycles. The van der Waals surface area contributed by atoms with Gasteiger partial charge in [-0.05, 0) is 60.4 Å². The van der Waals surface area contributed by atoms with E-state index < -0.39 is 17.7 Å². The van der Waals surface area contributed by atoms with Gasteiger partial charge in [0.1, 0.15) is 18.1 Å². The van der Waals surface area contributed by atoms with E-state index in [9.17, 15) is 14.7 Å². The van der Waals surface area contributed by atoms with Crippen LogP contribution >= 0.6 is 0 Å². The largest absolute Gasteiger partial charge is 0.507 e. The molecule has 0 spiro atoms. The van der Waals surface area contributed by atoms with E-state index >= 15 is 0 Å². The van der Waals surface area contributed by atoms with Gasteiger partial charge in [0.05, 0.1) is 39.0 Å². The van der Waals surface area contributed by atoms with Crippen LogP contribution in [0.3, 0.4) is 0 Å². The van der Waals surface area contributed by atoms with E-state index in [0.29, 0.717) is 61.2 Å². The number of methoxy groups -OCH3 is 2. The van der Waals surface area contributed by atoms with Gasteiger partial charge in [0.25, 0.3) is 11.7 Å². The highest BCUT2D eigenvalue weighted by Gasteiger charge is 2.46. The summed E-state index contributed by atoms with van der Waals surface area (Å²) in [5.41, 5.74) is 2.92. The third-order valence-corrected chi connectivity index (χ3v) is 7.93. The predicted octanol–water partition coefficient (Wildman–Crippen LogP) is 4.74. The molecule has 43 heavy (non-hydrogen) atoms. The minimum atomic E-state index is -0.802. The van der Waals surface area contributed by atoms with Crippen LogP contribution in [-0.4, -0.2) is 80.2 Å². The number of carbonyl (C=O) groups is 2. The molecule has 1 atom stereocenters. The Kier molecular flexibility index (Phi) is 9.64. The third kappa shape index (κ3) is 6.68. The molecular formula is C34H38N2O7. The van der Waals surface area contributed by atoms with E-state index in [2.05, 4.69) is 4.90 Å². The Bertz CT molecular complexity index is 1480. The molecule has 3 aromatic carbocycles. The van der Waals surface area contributed by atoms with Gasteiger partial charge in [0, 0.05) is 31.7 Å². The van der Waals surface area contributed by atoms with Gasteiger partial charge in [-0.3, -0.25) is 14.5 Å². The maximum Gasteiger partial charge on any atom is 0.295 e. The van der Waals surface area contributed by atoms with Crippen molar-refractivity contribution in [1.29, 1.82) is 0 Å². The molecule has 2 heterocycles. The molecule has 1 amide bonds. The number of rotatable bonds is 11. The number of aliphatic hydroxyl groups is 1. The van der Waals surface area contributed by atoms with Gasteiger partial charge in [-0.2, -0.15) is 0 Å². The van der Waals surface area contributed by atoms with Crippen LogP contribution in [0.25, 0.3) is 5.76 Å². The number of aliphatic hydroxyl groups excluding tert-OH is 1.